The summed E-state index contributed by atoms with van der Waals surface area (Å²) in [5, 5.41) is 0.444. The molecule has 0 saturated heterocycles. The Morgan fingerprint density at radius 1 is 1.50 bits per heavy atom. The molecule has 0 radical (unpaired) electrons. The number of aromatic nitrogens is 1. The lowest BCUT2D eigenvalue weighted by atomic mass is 10.1. The fraction of sp³-hybridized carbons (Fsp3) is 0.333. The van der Waals surface area contributed by atoms with Crippen molar-refractivity contribution in [2.24, 2.45) is 5.73 Å². The number of rotatable bonds is 2. The van der Waals surface area contributed by atoms with Gasteiger partial charge in [0.1, 0.15) is 5.56 Å². The summed E-state index contributed by atoms with van der Waals surface area (Å²) in [5.41, 5.74) is 6.65. The first-order chi connectivity index (χ1) is 6.49. The predicted molar refractivity (Wildman–Crippen MR) is 53.8 cm³/mol. The molecule has 1 heterocycles. The number of ether oxygens (including phenoxy) is 1. The maximum atomic E-state index is 11.1. The van der Waals surface area contributed by atoms with Crippen LogP contribution in [0.5, 0.6) is 5.88 Å². The fourth-order valence-corrected chi connectivity index (χ4v) is 1.37. The molecule has 0 aliphatic carbocycles. The summed E-state index contributed by atoms with van der Waals surface area (Å²) in [4.78, 5) is 15.1. The zero-order chi connectivity index (χ0) is 10.9. The minimum absolute atomic E-state index is 0.219. The van der Waals surface area contributed by atoms with Crippen LogP contribution in [0.1, 0.15) is 21.6 Å². The third kappa shape index (κ3) is 1.65. The van der Waals surface area contributed by atoms with Gasteiger partial charge < -0.3 is 10.5 Å². The zero-order valence-corrected chi connectivity index (χ0v) is 8.97. The maximum absolute atomic E-state index is 11.1. The van der Waals surface area contributed by atoms with E-state index in [9.17, 15) is 4.79 Å². The number of carbonyl (C=O) groups is 1. The highest BCUT2D eigenvalue weighted by Crippen LogP contribution is 2.27. The van der Waals surface area contributed by atoms with Crippen LogP contribution >= 0.6 is 11.6 Å². The summed E-state index contributed by atoms with van der Waals surface area (Å²) < 4.78 is 4.95. The molecule has 0 bridgehead atoms. The third-order valence-electron chi connectivity index (χ3n) is 1.94. The van der Waals surface area contributed by atoms with Gasteiger partial charge in [0.15, 0.2) is 0 Å². The number of nitrogens with zero attached hydrogens (tertiary/aromatic N) is 1. The molecule has 14 heavy (non-hydrogen) atoms. The average Bonchev–Trinajstić information content (AvgIpc) is 2.12. The molecular formula is C9H11ClN2O2. The molecule has 2 N–H and O–H groups in total. The quantitative estimate of drug-likeness (QED) is 0.811. The predicted octanol–water partition coefficient (Wildman–Crippen LogP) is 1.46. The number of halogens is 1. The van der Waals surface area contributed by atoms with Crippen LogP contribution in [0, 0.1) is 13.8 Å². The highest BCUT2D eigenvalue weighted by Gasteiger charge is 2.18. The Bertz CT molecular complexity index is 391. The summed E-state index contributed by atoms with van der Waals surface area (Å²) in [7, 11) is 1.43. The zero-order valence-electron chi connectivity index (χ0n) is 8.22. The Labute approximate surface area is 87.0 Å². The van der Waals surface area contributed by atoms with E-state index in [1.54, 1.807) is 13.8 Å². The number of methoxy groups -OCH3 is 1. The monoisotopic (exact) mass is 214 g/mol. The largest absolute Gasteiger partial charge is 0.480 e. The first kappa shape index (κ1) is 10.8. The van der Waals surface area contributed by atoms with Crippen molar-refractivity contribution in [3.8, 4) is 5.88 Å². The number of carbonyl (C=O) groups excluding carboxylic acids is 1. The van der Waals surface area contributed by atoms with Crippen molar-refractivity contribution in [3.05, 3.63) is 21.8 Å². The molecule has 1 rings (SSSR count). The first-order valence-corrected chi connectivity index (χ1v) is 4.37. The number of pyridine rings is 1. The molecule has 0 aliphatic rings. The van der Waals surface area contributed by atoms with Gasteiger partial charge in [0.25, 0.3) is 5.91 Å². The molecule has 1 amide bonds. The second-order valence-corrected chi connectivity index (χ2v) is 3.26. The lowest BCUT2D eigenvalue weighted by Gasteiger charge is -2.10. The van der Waals surface area contributed by atoms with Crippen molar-refractivity contribution in [1.29, 1.82) is 0 Å². The fourth-order valence-electron chi connectivity index (χ4n) is 1.24. The van der Waals surface area contributed by atoms with Crippen LogP contribution in [0.4, 0.5) is 0 Å². The molecule has 1 aromatic heterocycles. The molecule has 0 fully saturated rings. The van der Waals surface area contributed by atoms with E-state index in [1.165, 1.54) is 7.11 Å². The number of nitrogens with two attached hydrogens (primary N) is 1. The standard InChI is InChI=1S/C9H11ClN2O2/c1-4-6(8(11)13)9(14-3)12-5(2)7(4)10/h1-3H3,(H2,11,13). The number of primary amides is 1. The Balaban J connectivity index is 3.53. The topological polar surface area (TPSA) is 65.2 Å². The van der Waals surface area contributed by atoms with Crippen molar-refractivity contribution in [2.75, 3.05) is 7.11 Å². The van der Waals surface area contributed by atoms with Crippen LogP contribution in [0.15, 0.2) is 0 Å². The van der Waals surface area contributed by atoms with Crippen molar-refractivity contribution >= 4 is 17.5 Å². The van der Waals surface area contributed by atoms with Gasteiger partial charge in [-0.25, -0.2) is 4.98 Å². The summed E-state index contributed by atoms with van der Waals surface area (Å²) in [6, 6.07) is 0. The molecule has 0 saturated carbocycles. The highest BCUT2D eigenvalue weighted by atomic mass is 35.5. The lowest BCUT2D eigenvalue weighted by Crippen LogP contribution is -2.16. The van der Waals surface area contributed by atoms with Gasteiger partial charge in [0.05, 0.1) is 17.8 Å². The van der Waals surface area contributed by atoms with Crippen molar-refractivity contribution in [1.82, 2.24) is 4.98 Å². The smallest absolute Gasteiger partial charge is 0.254 e. The normalized spacial score (nSPS) is 10.0. The number of hydrogen-bond donors (Lipinski definition) is 1. The van der Waals surface area contributed by atoms with Crippen LogP contribution in [-0.2, 0) is 0 Å². The molecule has 0 aromatic carbocycles. The van der Waals surface area contributed by atoms with E-state index in [2.05, 4.69) is 4.98 Å². The van der Waals surface area contributed by atoms with Crippen LogP contribution < -0.4 is 10.5 Å². The Morgan fingerprint density at radius 2 is 2.07 bits per heavy atom. The van der Waals surface area contributed by atoms with Crippen molar-refractivity contribution < 1.29 is 9.53 Å². The average molecular weight is 215 g/mol. The van der Waals surface area contributed by atoms with Gasteiger partial charge in [-0.2, -0.15) is 0 Å². The van der Waals surface area contributed by atoms with E-state index in [4.69, 9.17) is 22.1 Å². The molecular weight excluding hydrogens is 204 g/mol. The van der Waals surface area contributed by atoms with Gasteiger partial charge in [0, 0.05) is 0 Å². The minimum Gasteiger partial charge on any atom is -0.480 e. The van der Waals surface area contributed by atoms with Crippen molar-refractivity contribution in [3.63, 3.8) is 0 Å². The molecule has 1 aromatic rings. The Hall–Kier alpha value is -1.29. The van der Waals surface area contributed by atoms with Crippen LogP contribution in [0.3, 0.4) is 0 Å². The van der Waals surface area contributed by atoms with Gasteiger partial charge >= 0.3 is 0 Å². The molecule has 0 spiro atoms. The molecule has 76 valence electrons. The van der Waals surface area contributed by atoms with Crippen molar-refractivity contribution in [2.45, 2.75) is 13.8 Å². The van der Waals surface area contributed by atoms with Gasteiger partial charge in [-0.15, -0.1) is 0 Å². The SMILES string of the molecule is COc1nc(C)c(Cl)c(C)c1C(N)=O. The highest BCUT2D eigenvalue weighted by molar-refractivity contribution is 6.32. The van der Waals surface area contributed by atoms with Gasteiger partial charge in [-0.05, 0) is 19.4 Å². The van der Waals surface area contributed by atoms with Crippen LogP contribution in [0.2, 0.25) is 5.02 Å². The molecule has 0 atom stereocenters. The van der Waals surface area contributed by atoms with E-state index in [0.29, 0.717) is 16.3 Å². The molecule has 0 unspecified atom stereocenters. The maximum Gasteiger partial charge on any atom is 0.254 e. The van der Waals surface area contributed by atoms with Crippen LogP contribution in [0.25, 0.3) is 0 Å². The Morgan fingerprint density at radius 3 is 2.50 bits per heavy atom. The number of aryl methyl sites for hydroxylation is 1. The van der Waals surface area contributed by atoms with E-state index in [1.807, 2.05) is 0 Å². The minimum atomic E-state index is -0.589. The lowest BCUT2D eigenvalue weighted by molar-refractivity contribution is 0.0996. The van der Waals surface area contributed by atoms with E-state index >= 15 is 0 Å². The second-order valence-electron chi connectivity index (χ2n) is 2.88. The van der Waals surface area contributed by atoms with Gasteiger partial charge in [-0.1, -0.05) is 11.6 Å². The summed E-state index contributed by atoms with van der Waals surface area (Å²) in [6.45, 7) is 3.45. The van der Waals surface area contributed by atoms with E-state index in [-0.39, 0.29) is 11.4 Å². The third-order valence-corrected chi connectivity index (χ3v) is 2.50. The van der Waals surface area contributed by atoms with Gasteiger partial charge in [-0.3, -0.25) is 4.79 Å². The summed E-state index contributed by atoms with van der Waals surface area (Å²) >= 11 is 5.93. The summed E-state index contributed by atoms with van der Waals surface area (Å²) in [5.74, 6) is -0.370. The van der Waals surface area contributed by atoms with Crippen LogP contribution in [-0.4, -0.2) is 18.0 Å². The summed E-state index contributed by atoms with van der Waals surface area (Å²) in [6.07, 6.45) is 0. The molecule has 4 nitrogen and oxygen atoms in total. The first-order valence-electron chi connectivity index (χ1n) is 3.99. The van der Waals surface area contributed by atoms with E-state index in [0.717, 1.165) is 0 Å². The Kier molecular flexibility index (Phi) is 2.96. The second kappa shape index (κ2) is 3.84. The molecule has 5 heteroatoms. The molecule has 0 aliphatic heterocycles. The van der Waals surface area contributed by atoms with Gasteiger partial charge in [0.2, 0.25) is 5.88 Å². The number of amides is 1. The number of hydrogen-bond acceptors (Lipinski definition) is 3. The van der Waals surface area contributed by atoms with E-state index < -0.39 is 5.91 Å².